The van der Waals surface area contributed by atoms with Crippen LogP contribution >= 0.6 is 0 Å². The van der Waals surface area contributed by atoms with E-state index in [9.17, 15) is 4.39 Å². The zero-order valence-electron chi connectivity index (χ0n) is 10.2. The Morgan fingerprint density at radius 3 is 2.82 bits per heavy atom. The summed E-state index contributed by atoms with van der Waals surface area (Å²) in [6, 6.07) is 6.85. The molecule has 0 heterocycles. The summed E-state index contributed by atoms with van der Waals surface area (Å²) in [4.78, 5) is 0. The van der Waals surface area contributed by atoms with Crippen molar-refractivity contribution in [3.05, 3.63) is 47.3 Å². The number of halogens is 1. The van der Waals surface area contributed by atoms with Gasteiger partial charge in [0.25, 0.3) is 0 Å². The third-order valence-electron chi connectivity index (χ3n) is 3.30. The van der Waals surface area contributed by atoms with Crippen LogP contribution < -0.4 is 5.73 Å². The first-order chi connectivity index (χ1) is 8.24. The van der Waals surface area contributed by atoms with Gasteiger partial charge in [0.05, 0.1) is 0 Å². The SMILES string of the molecule is NC(CC1=CCCCC1)Cc1cccc(F)c1. The topological polar surface area (TPSA) is 26.0 Å². The normalized spacial score (nSPS) is 17.6. The smallest absolute Gasteiger partial charge is 0.123 e. The van der Waals surface area contributed by atoms with Crippen LogP contribution in [-0.2, 0) is 6.42 Å². The molecule has 2 N–H and O–H groups in total. The number of hydrogen-bond acceptors (Lipinski definition) is 1. The van der Waals surface area contributed by atoms with Crippen molar-refractivity contribution in [1.29, 1.82) is 0 Å². The maximum Gasteiger partial charge on any atom is 0.123 e. The van der Waals surface area contributed by atoms with Gasteiger partial charge in [-0.2, -0.15) is 0 Å². The molecule has 2 heteroatoms. The molecule has 0 bridgehead atoms. The second-order valence-electron chi connectivity index (χ2n) is 4.91. The fourth-order valence-corrected chi connectivity index (χ4v) is 2.47. The average molecular weight is 233 g/mol. The fraction of sp³-hybridized carbons (Fsp3) is 0.467. The monoisotopic (exact) mass is 233 g/mol. The Morgan fingerprint density at radius 1 is 1.24 bits per heavy atom. The minimum Gasteiger partial charge on any atom is -0.327 e. The Kier molecular flexibility index (Phi) is 4.32. The zero-order valence-corrected chi connectivity index (χ0v) is 10.2. The third-order valence-corrected chi connectivity index (χ3v) is 3.30. The summed E-state index contributed by atoms with van der Waals surface area (Å²) in [7, 11) is 0. The van der Waals surface area contributed by atoms with Crippen LogP contribution in [0.25, 0.3) is 0 Å². The van der Waals surface area contributed by atoms with Gasteiger partial charge < -0.3 is 5.73 Å². The lowest BCUT2D eigenvalue weighted by atomic mass is 9.92. The van der Waals surface area contributed by atoms with Crippen molar-refractivity contribution in [2.24, 2.45) is 5.73 Å². The largest absolute Gasteiger partial charge is 0.327 e. The molecule has 1 aromatic rings. The van der Waals surface area contributed by atoms with Gasteiger partial charge in [0.15, 0.2) is 0 Å². The minimum absolute atomic E-state index is 0.112. The molecule has 1 atom stereocenters. The van der Waals surface area contributed by atoms with E-state index in [1.165, 1.54) is 37.3 Å². The van der Waals surface area contributed by atoms with Crippen molar-refractivity contribution >= 4 is 0 Å². The van der Waals surface area contributed by atoms with E-state index in [2.05, 4.69) is 6.08 Å². The van der Waals surface area contributed by atoms with Gasteiger partial charge in [0.2, 0.25) is 0 Å². The second-order valence-corrected chi connectivity index (χ2v) is 4.91. The van der Waals surface area contributed by atoms with Crippen LogP contribution in [0.3, 0.4) is 0 Å². The summed E-state index contributed by atoms with van der Waals surface area (Å²) in [5, 5.41) is 0. The van der Waals surface area contributed by atoms with E-state index in [1.54, 1.807) is 12.1 Å². The molecule has 0 saturated heterocycles. The van der Waals surface area contributed by atoms with Crippen LogP contribution in [0, 0.1) is 5.82 Å². The van der Waals surface area contributed by atoms with Gasteiger partial charge in [-0.1, -0.05) is 23.8 Å². The first kappa shape index (κ1) is 12.3. The van der Waals surface area contributed by atoms with Gasteiger partial charge in [-0.15, -0.1) is 0 Å². The number of benzene rings is 1. The van der Waals surface area contributed by atoms with Crippen molar-refractivity contribution in [3.8, 4) is 0 Å². The summed E-state index contributed by atoms with van der Waals surface area (Å²) in [5.41, 5.74) is 8.60. The van der Waals surface area contributed by atoms with Crippen molar-refractivity contribution < 1.29 is 4.39 Å². The molecule has 1 aliphatic rings. The van der Waals surface area contributed by atoms with E-state index < -0.39 is 0 Å². The van der Waals surface area contributed by atoms with Crippen LogP contribution in [0.4, 0.5) is 4.39 Å². The quantitative estimate of drug-likeness (QED) is 0.790. The van der Waals surface area contributed by atoms with Crippen molar-refractivity contribution in [2.45, 2.75) is 44.6 Å². The molecule has 92 valence electrons. The van der Waals surface area contributed by atoms with Crippen LogP contribution in [0.15, 0.2) is 35.9 Å². The highest BCUT2D eigenvalue weighted by Crippen LogP contribution is 2.21. The summed E-state index contributed by atoms with van der Waals surface area (Å²) in [6.45, 7) is 0. The lowest BCUT2D eigenvalue weighted by Crippen LogP contribution is -2.23. The van der Waals surface area contributed by atoms with E-state index in [4.69, 9.17) is 5.73 Å². The highest BCUT2D eigenvalue weighted by Gasteiger charge is 2.10. The molecule has 1 aliphatic carbocycles. The van der Waals surface area contributed by atoms with Crippen LogP contribution in [0.2, 0.25) is 0 Å². The molecule has 0 spiro atoms. The summed E-state index contributed by atoms with van der Waals surface area (Å²) < 4.78 is 13.0. The molecule has 1 nitrogen and oxygen atoms in total. The number of nitrogens with two attached hydrogens (primary N) is 1. The molecule has 0 saturated carbocycles. The zero-order chi connectivity index (χ0) is 12.1. The van der Waals surface area contributed by atoms with Gasteiger partial charge in [-0.3, -0.25) is 0 Å². The molecule has 1 aromatic carbocycles. The molecule has 1 unspecified atom stereocenters. The maximum atomic E-state index is 13.0. The predicted molar refractivity (Wildman–Crippen MR) is 69.2 cm³/mol. The Morgan fingerprint density at radius 2 is 2.12 bits per heavy atom. The molecule has 2 rings (SSSR count). The Bertz CT molecular complexity index is 398. The molecular weight excluding hydrogens is 213 g/mol. The number of rotatable bonds is 4. The predicted octanol–water partition coefficient (Wildman–Crippen LogP) is 3.59. The first-order valence-corrected chi connectivity index (χ1v) is 6.42. The van der Waals surface area contributed by atoms with Crippen LogP contribution in [0.1, 0.15) is 37.7 Å². The minimum atomic E-state index is -0.174. The standard InChI is InChI=1S/C15H20FN/c16-14-8-4-7-13(9-14)11-15(17)10-12-5-2-1-3-6-12/h4-5,7-9,15H,1-3,6,10-11,17H2. The van der Waals surface area contributed by atoms with E-state index in [0.29, 0.717) is 0 Å². The van der Waals surface area contributed by atoms with Gasteiger partial charge in [-0.05, 0) is 56.2 Å². The van der Waals surface area contributed by atoms with Crippen molar-refractivity contribution in [1.82, 2.24) is 0 Å². The number of allylic oxidation sites excluding steroid dienone is 1. The number of hydrogen-bond donors (Lipinski definition) is 1. The van der Waals surface area contributed by atoms with E-state index >= 15 is 0 Å². The van der Waals surface area contributed by atoms with Gasteiger partial charge >= 0.3 is 0 Å². The van der Waals surface area contributed by atoms with E-state index in [0.717, 1.165) is 18.4 Å². The van der Waals surface area contributed by atoms with E-state index in [1.807, 2.05) is 6.07 Å². The molecule has 0 radical (unpaired) electrons. The van der Waals surface area contributed by atoms with Crippen LogP contribution in [-0.4, -0.2) is 6.04 Å². The molecule has 0 aliphatic heterocycles. The fourth-order valence-electron chi connectivity index (χ4n) is 2.47. The van der Waals surface area contributed by atoms with Crippen LogP contribution in [0.5, 0.6) is 0 Å². The molecule has 0 amide bonds. The van der Waals surface area contributed by atoms with Crippen molar-refractivity contribution in [2.75, 3.05) is 0 Å². The maximum absolute atomic E-state index is 13.0. The lowest BCUT2D eigenvalue weighted by molar-refractivity contribution is 0.598. The highest BCUT2D eigenvalue weighted by molar-refractivity contribution is 5.18. The molecular formula is C15H20FN. The third kappa shape index (κ3) is 3.97. The Hall–Kier alpha value is -1.15. The second kappa shape index (κ2) is 5.97. The summed E-state index contributed by atoms with van der Waals surface area (Å²) in [5.74, 6) is -0.174. The lowest BCUT2D eigenvalue weighted by Gasteiger charge is -2.17. The molecule has 17 heavy (non-hydrogen) atoms. The molecule has 0 fully saturated rings. The summed E-state index contributed by atoms with van der Waals surface area (Å²) in [6.07, 6.45) is 9.03. The van der Waals surface area contributed by atoms with Gasteiger partial charge in [0.1, 0.15) is 5.82 Å². The Balaban J connectivity index is 1.88. The average Bonchev–Trinajstić information content (AvgIpc) is 2.30. The van der Waals surface area contributed by atoms with Crippen molar-refractivity contribution in [3.63, 3.8) is 0 Å². The highest BCUT2D eigenvalue weighted by atomic mass is 19.1. The summed E-state index contributed by atoms with van der Waals surface area (Å²) >= 11 is 0. The van der Waals surface area contributed by atoms with Gasteiger partial charge in [0, 0.05) is 6.04 Å². The first-order valence-electron chi connectivity index (χ1n) is 6.42. The molecule has 0 aromatic heterocycles. The van der Waals surface area contributed by atoms with Gasteiger partial charge in [-0.25, -0.2) is 4.39 Å². The van der Waals surface area contributed by atoms with E-state index in [-0.39, 0.29) is 11.9 Å². The Labute approximate surface area is 103 Å².